The van der Waals surface area contributed by atoms with Gasteiger partial charge in [0.05, 0.1) is 6.10 Å². The molecule has 0 unspecified atom stereocenters. The van der Waals surface area contributed by atoms with Gasteiger partial charge in [-0.3, -0.25) is 4.99 Å². The Morgan fingerprint density at radius 3 is 2.72 bits per heavy atom. The van der Waals surface area contributed by atoms with Crippen LogP contribution in [-0.2, 0) is 11.3 Å². The molecule has 1 aromatic carbocycles. The fraction of sp³-hybridized carbons (Fsp3) is 0.650. The van der Waals surface area contributed by atoms with Gasteiger partial charge in [-0.2, -0.15) is 0 Å². The third kappa shape index (κ3) is 7.34. The molecule has 1 fully saturated rings. The standard InChI is InChI=1S/C20H33N3O2/c1-16(2)15-24-13-7-12-22-20(21-3)23-14-17-8-4-5-11-19(17)25-18-9-6-10-18/h4-5,8,11,16,18H,6-7,9-10,12-15H2,1-3H3,(H2,21,22,23). The summed E-state index contributed by atoms with van der Waals surface area (Å²) in [5.41, 5.74) is 1.16. The van der Waals surface area contributed by atoms with Gasteiger partial charge in [0.2, 0.25) is 0 Å². The molecule has 0 heterocycles. The molecule has 2 rings (SSSR count). The minimum atomic E-state index is 0.393. The predicted molar refractivity (Wildman–Crippen MR) is 103 cm³/mol. The van der Waals surface area contributed by atoms with E-state index in [1.54, 1.807) is 7.05 Å². The summed E-state index contributed by atoms with van der Waals surface area (Å²) < 4.78 is 11.7. The Labute approximate surface area is 152 Å². The SMILES string of the molecule is CN=C(NCCCOCC(C)C)NCc1ccccc1OC1CCC1. The Kier molecular flexibility index (Phi) is 8.60. The van der Waals surface area contributed by atoms with E-state index in [1.807, 2.05) is 12.1 Å². The van der Waals surface area contributed by atoms with Crippen molar-refractivity contribution in [1.82, 2.24) is 10.6 Å². The predicted octanol–water partition coefficient (Wildman–Crippen LogP) is 3.35. The lowest BCUT2D eigenvalue weighted by atomic mass is 9.96. The highest BCUT2D eigenvalue weighted by molar-refractivity contribution is 5.79. The normalized spacial score (nSPS) is 15.1. The molecule has 0 aromatic heterocycles. The summed E-state index contributed by atoms with van der Waals surface area (Å²) in [6.07, 6.45) is 4.98. The van der Waals surface area contributed by atoms with Gasteiger partial charge in [-0.15, -0.1) is 0 Å². The first kappa shape index (κ1) is 19.6. The first-order chi connectivity index (χ1) is 12.2. The highest BCUT2D eigenvalue weighted by Crippen LogP contribution is 2.27. The summed E-state index contributed by atoms with van der Waals surface area (Å²) in [5.74, 6) is 2.38. The van der Waals surface area contributed by atoms with Gasteiger partial charge in [-0.25, -0.2) is 0 Å². The van der Waals surface area contributed by atoms with Crippen LogP contribution in [0.15, 0.2) is 29.3 Å². The molecular weight excluding hydrogens is 314 g/mol. The number of para-hydroxylation sites is 1. The molecule has 0 bridgehead atoms. The molecular formula is C20H33N3O2. The number of ether oxygens (including phenoxy) is 2. The molecule has 0 radical (unpaired) electrons. The lowest BCUT2D eigenvalue weighted by molar-refractivity contribution is 0.108. The van der Waals surface area contributed by atoms with E-state index in [0.29, 0.717) is 18.6 Å². The van der Waals surface area contributed by atoms with Gasteiger partial charge in [-0.05, 0) is 37.7 Å². The highest BCUT2D eigenvalue weighted by atomic mass is 16.5. The monoisotopic (exact) mass is 347 g/mol. The van der Waals surface area contributed by atoms with Crippen LogP contribution >= 0.6 is 0 Å². The van der Waals surface area contributed by atoms with E-state index in [9.17, 15) is 0 Å². The Morgan fingerprint density at radius 2 is 2.04 bits per heavy atom. The number of hydrogen-bond donors (Lipinski definition) is 2. The molecule has 1 aliphatic rings. The number of aliphatic imine (C=N–C) groups is 1. The second-order valence-corrected chi connectivity index (χ2v) is 6.95. The van der Waals surface area contributed by atoms with E-state index in [1.165, 1.54) is 19.3 Å². The van der Waals surface area contributed by atoms with E-state index in [2.05, 4.69) is 41.6 Å². The summed E-state index contributed by atoms with van der Waals surface area (Å²) >= 11 is 0. The molecule has 1 aliphatic carbocycles. The summed E-state index contributed by atoms with van der Waals surface area (Å²) in [6, 6.07) is 8.24. The largest absolute Gasteiger partial charge is 0.490 e. The summed E-state index contributed by atoms with van der Waals surface area (Å²) in [5, 5.41) is 6.69. The molecule has 2 N–H and O–H groups in total. The Hall–Kier alpha value is -1.75. The second kappa shape index (κ2) is 11.0. The van der Waals surface area contributed by atoms with Crippen LogP contribution in [0.2, 0.25) is 0 Å². The Bertz CT molecular complexity index is 527. The van der Waals surface area contributed by atoms with Crippen LogP contribution in [0, 0.1) is 5.92 Å². The van der Waals surface area contributed by atoms with Crippen molar-refractivity contribution in [3.05, 3.63) is 29.8 Å². The summed E-state index contributed by atoms with van der Waals surface area (Å²) in [4.78, 5) is 4.28. The molecule has 5 heteroatoms. The minimum absolute atomic E-state index is 0.393. The quantitative estimate of drug-likeness (QED) is 0.387. The summed E-state index contributed by atoms with van der Waals surface area (Å²) in [7, 11) is 1.79. The van der Waals surface area contributed by atoms with E-state index in [4.69, 9.17) is 9.47 Å². The zero-order valence-corrected chi connectivity index (χ0v) is 15.9. The highest BCUT2D eigenvalue weighted by Gasteiger charge is 2.20. The van der Waals surface area contributed by atoms with Crippen LogP contribution in [0.1, 0.15) is 45.1 Å². The van der Waals surface area contributed by atoms with Crippen LogP contribution in [0.3, 0.4) is 0 Å². The van der Waals surface area contributed by atoms with Crippen molar-refractivity contribution in [1.29, 1.82) is 0 Å². The fourth-order valence-electron chi connectivity index (χ4n) is 2.53. The van der Waals surface area contributed by atoms with Crippen LogP contribution in [-0.4, -0.2) is 38.9 Å². The van der Waals surface area contributed by atoms with Crippen molar-refractivity contribution < 1.29 is 9.47 Å². The van der Waals surface area contributed by atoms with Crippen LogP contribution in [0.5, 0.6) is 5.75 Å². The lowest BCUT2D eigenvalue weighted by Crippen LogP contribution is -2.37. The van der Waals surface area contributed by atoms with E-state index in [0.717, 1.165) is 43.5 Å². The van der Waals surface area contributed by atoms with Gasteiger partial charge in [-0.1, -0.05) is 32.0 Å². The van der Waals surface area contributed by atoms with Crippen molar-refractivity contribution in [3.8, 4) is 5.75 Å². The van der Waals surface area contributed by atoms with Gasteiger partial charge in [0, 0.05) is 38.9 Å². The zero-order valence-electron chi connectivity index (χ0n) is 15.9. The average molecular weight is 348 g/mol. The van der Waals surface area contributed by atoms with Gasteiger partial charge in [0.25, 0.3) is 0 Å². The van der Waals surface area contributed by atoms with Crippen LogP contribution < -0.4 is 15.4 Å². The van der Waals surface area contributed by atoms with Gasteiger partial charge in [0.15, 0.2) is 5.96 Å². The maximum atomic E-state index is 6.08. The van der Waals surface area contributed by atoms with Crippen molar-refractivity contribution >= 4 is 5.96 Å². The van der Waals surface area contributed by atoms with Gasteiger partial charge < -0.3 is 20.1 Å². The maximum absolute atomic E-state index is 6.08. The topological polar surface area (TPSA) is 54.9 Å². The molecule has 140 valence electrons. The minimum Gasteiger partial charge on any atom is -0.490 e. The van der Waals surface area contributed by atoms with Crippen molar-refractivity contribution in [3.63, 3.8) is 0 Å². The Balaban J connectivity index is 1.69. The number of rotatable bonds is 10. The second-order valence-electron chi connectivity index (χ2n) is 6.95. The number of nitrogens with one attached hydrogen (secondary N) is 2. The third-order valence-electron chi connectivity index (χ3n) is 4.20. The third-order valence-corrected chi connectivity index (χ3v) is 4.20. The summed E-state index contributed by atoms with van der Waals surface area (Å²) in [6.45, 7) is 7.47. The number of hydrogen-bond acceptors (Lipinski definition) is 3. The number of guanidine groups is 1. The average Bonchev–Trinajstić information content (AvgIpc) is 2.57. The molecule has 0 spiro atoms. The first-order valence-corrected chi connectivity index (χ1v) is 9.46. The van der Waals surface area contributed by atoms with Crippen molar-refractivity contribution in [2.45, 2.75) is 52.2 Å². The van der Waals surface area contributed by atoms with E-state index < -0.39 is 0 Å². The molecule has 1 saturated carbocycles. The van der Waals surface area contributed by atoms with Gasteiger partial charge >= 0.3 is 0 Å². The fourth-order valence-corrected chi connectivity index (χ4v) is 2.53. The number of benzene rings is 1. The molecule has 0 aliphatic heterocycles. The molecule has 0 amide bonds. The number of nitrogens with zero attached hydrogens (tertiary/aromatic N) is 1. The maximum Gasteiger partial charge on any atom is 0.191 e. The Morgan fingerprint density at radius 1 is 1.24 bits per heavy atom. The molecule has 5 nitrogen and oxygen atoms in total. The molecule has 25 heavy (non-hydrogen) atoms. The van der Waals surface area contributed by atoms with E-state index >= 15 is 0 Å². The molecule has 0 atom stereocenters. The molecule has 1 aromatic rings. The lowest BCUT2D eigenvalue weighted by Gasteiger charge is -2.27. The van der Waals surface area contributed by atoms with Crippen LogP contribution in [0.4, 0.5) is 0 Å². The van der Waals surface area contributed by atoms with Crippen molar-refractivity contribution in [2.24, 2.45) is 10.9 Å². The van der Waals surface area contributed by atoms with Crippen molar-refractivity contribution in [2.75, 3.05) is 26.8 Å². The molecule has 0 saturated heterocycles. The van der Waals surface area contributed by atoms with Crippen LogP contribution in [0.25, 0.3) is 0 Å². The zero-order chi connectivity index (χ0) is 17.9. The van der Waals surface area contributed by atoms with Gasteiger partial charge in [0.1, 0.15) is 5.75 Å². The smallest absolute Gasteiger partial charge is 0.191 e. The first-order valence-electron chi connectivity index (χ1n) is 9.46. The van der Waals surface area contributed by atoms with E-state index in [-0.39, 0.29) is 0 Å².